The largest absolute Gasteiger partial charge is 0.398 e. The van der Waals surface area contributed by atoms with E-state index in [-0.39, 0.29) is 5.91 Å². The van der Waals surface area contributed by atoms with Crippen LogP contribution in [0.1, 0.15) is 15.9 Å². The van der Waals surface area contributed by atoms with Crippen LogP contribution in [0, 0.1) is 0 Å². The van der Waals surface area contributed by atoms with Crippen LogP contribution < -0.4 is 21.1 Å². The lowest BCUT2D eigenvalue weighted by molar-refractivity contribution is 0.102. The van der Waals surface area contributed by atoms with Crippen molar-refractivity contribution in [3.05, 3.63) is 114 Å². The highest BCUT2D eigenvalue weighted by Crippen LogP contribution is 2.18. The number of hydrogen-bond donors (Lipinski definition) is 4. The van der Waals surface area contributed by atoms with Gasteiger partial charge in [0.25, 0.3) is 5.91 Å². The molecule has 0 saturated heterocycles. The quantitative estimate of drug-likeness (QED) is 0.272. The van der Waals surface area contributed by atoms with Gasteiger partial charge in [0.15, 0.2) is 0 Å². The van der Waals surface area contributed by atoms with Crippen LogP contribution >= 0.6 is 0 Å². The standard InChI is InChI=1S/C26H24N4O2S/c27-25-12-5-4-7-20(25)18-28-23-11-6-8-19(17-23)26(31)29-21-13-15-24(16-14-21)33(32)30-22-9-2-1-3-10-22/h1-17,28,30H,18,27H2,(H,29,31). The average molecular weight is 457 g/mol. The minimum Gasteiger partial charge on any atom is -0.398 e. The Morgan fingerprint density at radius 3 is 2.21 bits per heavy atom. The smallest absolute Gasteiger partial charge is 0.255 e. The third-order valence-corrected chi connectivity index (χ3v) is 6.09. The monoisotopic (exact) mass is 456 g/mol. The van der Waals surface area contributed by atoms with Gasteiger partial charge in [-0.1, -0.05) is 42.5 Å². The van der Waals surface area contributed by atoms with Crippen molar-refractivity contribution >= 4 is 39.6 Å². The van der Waals surface area contributed by atoms with Crippen LogP contribution in [0.4, 0.5) is 22.7 Å². The molecule has 0 heterocycles. The summed E-state index contributed by atoms with van der Waals surface area (Å²) >= 11 is 0. The maximum Gasteiger partial charge on any atom is 0.255 e. The molecule has 1 atom stereocenters. The minimum absolute atomic E-state index is 0.228. The molecule has 0 fully saturated rings. The van der Waals surface area contributed by atoms with Gasteiger partial charge >= 0.3 is 0 Å². The molecule has 0 saturated carbocycles. The van der Waals surface area contributed by atoms with Crippen molar-refractivity contribution in [2.75, 3.05) is 21.1 Å². The molecule has 1 amide bonds. The normalized spacial score (nSPS) is 11.4. The van der Waals surface area contributed by atoms with Gasteiger partial charge in [0, 0.05) is 34.9 Å². The molecule has 4 aromatic carbocycles. The maximum absolute atomic E-state index is 12.7. The summed E-state index contributed by atoms with van der Waals surface area (Å²) in [7, 11) is -1.39. The first-order valence-electron chi connectivity index (χ1n) is 10.4. The second-order valence-electron chi connectivity index (χ2n) is 7.35. The van der Waals surface area contributed by atoms with E-state index in [0.717, 1.165) is 22.6 Å². The summed E-state index contributed by atoms with van der Waals surface area (Å²) in [6.07, 6.45) is 0. The summed E-state index contributed by atoms with van der Waals surface area (Å²) in [5, 5.41) is 6.18. The van der Waals surface area contributed by atoms with Crippen molar-refractivity contribution in [3.63, 3.8) is 0 Å². The summed E-state index contributed by atoms with van der Waals surface area (Å²) in [5.74, 6) is -0.228. The zero-order chi connectivity index (χ0) is 23.0. The Morgan fingerprint density at radius 1 is 0.758 bits per heavy atom. The molecule has 0 spiro atoms. The fourth-order valence-corrected chi connectivity index (χ4v) is 4.05. The van der Waals surface area contributed by atoms with Gasteiger partial charge in [0.1, 0.15) is 11.0 Å². The Kier molecular flexibility index (Phi) is 7.02. The molecular formula is C26H24N4O2S. The van der Waals surface area contributed by atoms with Gasteiger partial charge in [0.05, 0.1) is 4.90 Å². The van der Waals surface area contributed by atoms with Gasteiger partial charge in [-0.2, -0.15) is 0 Å². The number of nitrogens with two attached hydrogens (primary N) is 1. The molecule has 4 aromatic rings. The van der Waals surface area contributed by atoms with Gasteiger partial charge in [-0.15, -0.1) is 0 Å². The number of carbonyl (C=O) groups is 1. The van der Waals surface area contributed by atoms with Gasteiger partial charge in [-0.05, 0) is 66.2 Å². The Morgan fingerprint density at radius 2 is 1.45 bits per heavy atom. The molecule has 0 aliphatic heterocycles. The van der Waals surface area contributed by atoms with Crippen LogP contribution in [0.3, 0.4) is 0 Å². The van der Waals surface area contributed by atoms with Crippen molar-refractivity contribution in [2.24, 2.45) is 0 Å². The summed E-state index contributed by atoms with van der Waals surface area (Å²) in [4.78, 5) is 13.3. The van der Waals surface area contributed by atoms with E-state index in [9.17, 15) is 9.00 Å². The Labute approximate surface area is 195 Å². The van der Waals surface area contributed by atoms with Crippen molar-refractivity contribution < 1.29 is 9.00 Å². The second kappa shape index (κ2) is 10.5. The molecule has 0 aliphatic rings. The SMILES string of the molecule is Nc1ccccc1CNc1cccc(C(=O)Nc2ccc(S(=O)Nc3ccccc3)cc2)c1. The highest BCUT2D eigenvalue weighted by molar-refractivity contribution is 7.86. The van der Waals surface area contributed by atoms with Crippen LogP contribution in [0.25, 0.3) is 0 Å². The highest BCUT2D eigenvalue weighted by atomic mass is 32.2. The second-order valence-corrected chi connectivity index (χ2v) is 8.56. The number of carbonyl (C=O) groups excluding carboxylic acids is 1. The van der Waals surface area contributed by atoms with E-state index in [1.807, 2.05) is 66.7 Å². The van der Waals surface area contributed by atoms with Gasteiger partial charge in [0.2, 0.25) is 0 Å². The van der Waals surface area contributed by atoms with Crippen LogP contribution in [0.15, 0.2) is 108 Å². The first-order valence-corrected chi connectivity index (χ1v) is 11.6. The molecule has 1 unspecified atom stereocenters. The van der Waals surface area contributed by atoms with Crippen LogP contribution in [-0.2, 0) is 17.5 Å². The number of nitrogens with one attached hydrogen (secondary N) is 3. The summed E-state index contributed by atoms with van der Waals surface area (Å²) in [5.41, 5.74) is 10.5. The highest BCUT2D eigenvalue weighted by Gasteiger charge is 2.09. The van der Waals surface area contributed by atoms with Crippen molar-refractivity contribution in [1.82, 2.24) is 0 Å². The van der Waals surface area contributed by atoms with Gasteiger partial charge in [-0.3, -0.25) is 4.79 Å². The third kappa shape index (κ3) is 5.99. The number of anilines is 4. The zero-order valence-electron chi connectivity index (χ0n) is 17.8. The van der Waals surface area contributed by atoms with E-state index in [1.54, 1.807) is 36.4 Å². The van der Waals surface area contributed by atoms with Crippen molar-refractivity contribution in [1.29, 1.82) is 0 Å². The van der Waals surface area contributed by atoms with Crippen molar-refractivity contribution in [3.8, 4) is 0 Å². The number of benzene rings is 4. The number of hydrogen-bond acceptors (Lipinski definition) is 4. The lowest BCUT2D eigenvalue weighted by Gasteiger charge is -2.11. The van der Waals surface area contributed by atoms with E-state index in [0.29, 0.717) is 22.7 Å². The number of para-hydroxylation sites is 2. The molecule has 5 N–H and O–H groups in total. The summed E-state index contributed by atoms with van der Waals surface area (Å²) in [6, 6.07) is 31.2. The molecule has 4 rings (SSSR count). The molecule has 33 heavy (non-hydrogen) atoms. The van der Waals surface area contributed by atoms with E-state index < -0.39 is 11.0 Å². The topological polar surface area (TPSA) is 96.2 Å². The first kappa shape index (κ1) is 22.1. The van der Waals surface area contributed by atoms with Gasteiger partial charge in [-0.25, -0.2) is 4.21 Å². The van der Waals surface area contributed by atoms with Crippen molar-refractivity contribution in [2.45, 2.75) is 11.4 Å². The predicted molar refractivity (Wildman–Crippen MR) is 135 cm³/mol. The molecule has 7 heteroatoms. The molecule has 0 aromatic heterocycles. The molecule has 0 radical (unpaired) electrons. The summed E-state index contributed by atoms with van der Waals surface area (Å²) < 4.78 is 15.4. The average Bonchev–Trinajstić information content (AvgIpc) is 2.85. The first-order chi connectivity index (χ1) is 16.1. The van der Waals surface area contributed by atoms with E-state index >= 15 is 0 Å². The van der Waals surface area contributed by atoms with E-state index in [1.165, 1.54) is 0 Å². The van der Waals surface area contributed by atoms with E-state index in [4.69, 9.17) is 5.73 Å². The van der Waals surface area contributed by atoms with Crippen LogP contribution in [0.5, 0.6) is 0 Å². The fraction of sp³-hybridized carbons (Fsp3) is 0.0385. The Balaban J connectivity index is 1.36. The lowest BCUT2D eigenvalue weighted by atomic mass is 10.1. The van der Waals surface area contributed by atoms with E-state index in [2.05, 4.69) is 15.4 Å². The Bertz CT molecular complexity index is 1260. The molecule has 166 valence electrons. The van der Waals surface area contributed by atoms with Gasteiger partial charge < -0.3 is 21.1 Å². The lowest BCUT2D eigenvalue weighted by Crippen LogP contribution is -2.12. The maximum atomic E-state index is 12.7. The molecule has 0 bridgehead atoms. The summed E-state index contributed by atoms with van der Waals surface area (Å²) in [6.45, 7) is 0.563. The Hall–Kier alpha value is -4.10. The number of rotatable bonds is 8. The minimum atomic E-state index is -1.39. The molecule has 6 nitrogen and oxygen atoms in total. The number of nitrogen functional groups attached to an aromatic ring is 1. The molecular weight excluding hydrogens is 432 g/mol. The predicted octanol–water partition coefficient (Wildman–Crippen LogP) is 5.27. The molecule has 0 aliphatic carbocycles. The number of amides is 1. The zero-order valence-corrected chi connectivity index (χ0v) is 18.6. The fourth-order valence-electron chi connectivity index (χ4n) is 3.20. The van der Waals surface area contributed by atoms with Crippen LogP contribution in [-0.4, -0.2) is 10.1 Å². The third-order valence-electron chi connectivity index (χ3n) is 4.97. The van der Waals surface area contributed by atoms with Crippen LogP contribution in [0.2, 0.25) is 0 Å².